The van der Waals surface area contributed by atoms with E-state index in [0.717, 1.165) is 5.69 Å². The molecule has 0 aliphatic carbocycles. The van der Waals surface area contributed by atoms with Crippen molar-refractivity contribution in [1.29, 1.82) is 0 Å². The van der Waals surface area contributed by atoms with Gasteiger partial charge in [0.2, 0.25) is 0 Å². The van der Waals surface area contributed by atoms with Crippen LogP contribution < -0.4 is 15.0 Å². The Hall–Kier alpha value is -3.02. The van der Waals surface area contributed by atoms with Crippen LogP contribution in [0.1, 0.15) is 6.92 Å². The number of hydrogen-bond acceptors (Lipinski definition) is 4. The third-order valence-corrected chi connectivity index (χ3v) is 3.02. The van der Waals surface area contributed by atoms with E-state index in [1.165, 1.54) is 4.90 Å². The van der Waals surface area contributed by atoms with Gasteiger partial charge in [-0.15, -0.1) is 0 Å². The lowest BCUT2D eigenvalue weighted by Gasteiger charge is -2.18. The van der Waals surface area contributed by atoms with Gasteiger partial charge in [-0.3, -0.25) is 4.90 Å². The van der Waals surface area contributed by atoms with Gasteiger partial charge in [-0.25, -0.2) is 9.59 Å². The van der Waals surface area contributed by atoms with Gasteiger partial charge in [-0.1, -0.05) is 18.2 Å². The van der Waals surface area contributed by atoms with E-state index in [-0.39, 0.29) is 12.6 Å². The summed E-state index contributed by atoms with van der Waals surface area (Å²) >= 11 is 0. The molecule has 0 fully saturated rings. The lowest BCUT2D eigenvalue weighted by molar-refractivity contribution is 0.104. The number of nitrogens with zero attached hydrogens (tertiary/aromatic N) is 1. The van der Waals surface area contributed by atoms with Gasteiger partial charge in [0.15, 0.2) is 0 Å². The number of carbonyl (C=O) groups is 2. The van der Waals surface area contributed by atoms with Crippen molar-refractivity contribution < 1.29 is 19.1 Å². The molecule has 23 heavy (non-hydrogen) atoms. The number of urea groups is 1. The van der Waals surface area contributed by atoms with Gasteiger partial charge in [0.1, 0.15) is 5.75 Å². The average molecular weight is 314 g/mol. The molecule has 0 unspecified atom stereocenters. The minimum absolute atomic E-state index is 0.249. The highest BCUT2D eigenvalue weighted by Crippen LogP contribution is 2.18. The van der Waals surface area contributed by atoms with Crippen LogP contribution in [0, 0.1) is 0 Å². The van der Waals surface area contributed by atoms with Crippen molar-refractivity contribution in [2.24, 2.45) is 0 Å². The van der Waals surface area contributed by atoms with E-state index < -0.39 is 6.16 Å². The summed E-state index contributed by atoms with van der Waals surface area (Å²) in [5.41, 5.74) is 1.38. The van der Waals surface area contributed by atoms with Crippen molar-refractivity contribution in [3.63, 3.8) is 0 Å². The predicted molar refractivity (Wildman–Crippen MR) is 88.0 cm³/mol. The van der Waals surface area contributed by atoms with Crippen molar-refractivity contribution in [3.05, 3.63) is 54.6 Å². The van der Waals surface area contributed by atoms with Gasteiger partial charge in [-0.2, -0.15) is 0 Å². The standard InChI is InChI=1S/C17H18N2O4/c1-3-22-17(21)23-15-11-9-13(10-12-15)18-16(20)19(2)14-7-5-4-6-8-14/h4-12H,3H2,1-2H3,(H,18,20). The zero-order valence-corrected chi connectivity index (χ0v) is 13.0. The number of nitrogens with one attached hydrogen (secondary N) is 1. The van der Waals surface area contributed by atoms with E-state index in [1.807, 2.05) is 30.3 Å². The molecule has 0 aromatic heterocycles. The van der Waals surface area contributed by atoms with Crippen LogP contribution >= 0.6 is 0 Å². The first-order chi connectivity index (χ1) is 11.1. The second-order valence-electron chi connectivity index (χ2n) is 4.63. The highest BCUT2D eigenvalue weighted by atomic mass is 16.7. The Morgan fingerprint density at radius 2 is 1.70 bits per heavy atom. The van der Waals surface area contributed by atoms with Crippen LogP contribution in [-0.4, -0.2) is 25.8 Å². The molecule has 0 atom stereocenters. The van der Waals surface area contributed by atoms with Crippen LogP contribution in [0.5, 0.6) is 5.75 Å². The largest absolute Gasteiger partial charge is 0.513 e. The zero-order chi connectivity index (χ0) is 16.7. The van der Waals surface area contributed by atoms with Crippen molar-refractivity contribution in [2.45, 2.75) is 6.92 Å². The van der Waals surface area contributed by atoms with Gasteiger partial charge in [0.25, 0.3) is 0 Å². The first-order valence-electron chi connectivity index (χ1n) is 7.14. The van der Waals surface area contributed by atoms with Gasteiger partial charge >= 0.3 is 12.2 Å². The summed E-state index contributed by atoms with van der Waals surface area (Å²) in [6.45, 7) is 1.95. The number of hydrogen-bond donors (Lipinski definition) is 1. The third kappa shape index (κ3) is 4.74. The highest BCUT2D eigenvalue weighted by Gasteiger charge is 2.11. The van der Waals surface area contributed by atoms with E-state index in [1.54, 1.807) is 38.2 Å². The molecule has 2 aromatic carbocycles. The summed E-state index contributed by atoms with van der Waals surface area (Å²) in [7, 11) is 1.68. The van der Waals surface area contributed by atoms with E-state index in [2.05, 4.69) is 10.1 Å². The quantitative estimate of drug-likeness (QED) is 0.686. The Morgan fingerprint density at radius 1 is 1.04 bits per heavy atom. The number of anilines is 2. The zero-order valence-electron chi connectivity index (χ0n) is 13.0. The van der Waals surface area contributed by atoms with Crippen LogP contribution in [0.2, 0.25) is 0 Å². The smallest absolute Gasteiger partial charge is 0.434 e. The fourth-order valence-corrected chi connectivity index (χ4v) is 1.83. The molecule has 2 rings (SSSR count). The second kappa shape index (κ2) is 7.84. The van der Waals surface area contributed by atoms with Gasteiger partial charge < -0.3 is 14.8 Å². The molecule has 0 saturated heterocycles. The first kappa shape index (κ1) is 16.4. The molecule has 6 heteroatoms. The number of para-hydroxylation sites is 1. The Balaban J connectivity index is 1.95. The summed E-state index contributed by atoms with van der Waals surface area (Å²) in [6, 6.07) is 15.5. The van der Waals surface area contributed by atoms with Crippen LogP contribution in [0.4, 0.5) is 21.0 Å². The molecule has 0 bridgehead atoms. The summed E-state index contributed by atoms with van der Waals surface area (Å²) in [6.07, 6.45) is -0.756. The fraction of sp³-hybridized carbons (Fsp3) is 0.176. The number of carbonyl (C=O) groups excluding carboxylic acids is 2. The van der Waals surface area contributed by atoms with E-state index in [9.17, 15) is 9.59 Å². The molecule has 0 saturated carbocycles. The van der Waals surface area contributed by atoms with Crippen molar-refractivity contribution >= 4 is 23.6 Å². The maximum absolute atomic E-state index is 12.2. The minimum Gasteiger partial charge on any atom is -0.434 e. The lowest BCUT2D eigenvalue weighted by atomic mass is 10.3. The maximum Gasteiger partial charge on any atom is 0.513 e. The van der Waals surface area contributed by atoms with Crippen molar-refractivity contribution in [1.82, 2.24) is 0 Å². The first-order valence-corrected chi connectivity index (χ1v) is 7.14. The molecule has 120 valence electrons. The molecular formula is C17H18N2O4. The van der Waals surface area contributed by atoms with Crippen LogP contribution in [0.3, 0.4) is 0 Å². The predicted octanol–water partition coefficient (Wildman–Crippen LogP) is 3.89. The molecule has 0 radical (unpaired) electrons. The Morgan fingerprint density at radius 3 is 2.30 bits per heavy atom. The lowest BCUT2D eigenvalue weighted by Crippen LogP contribution is -2.31. The van der Waals surface area contributed by atoms with E-state index in [0.29, 0.717) is 11.4 Å². The van der Waals surface area contributed by atoms with Crippen molar-refractivity contribution in [2.75, 3.05) is 23.9 Å². The topological polar surface area (TPSA) is 67.9 Å². The SMILES string of the molecule is CCOC(=O)Oc1ccc(NC(=O)N(C)c2ccccc2)cc1. The second-order valence-corrected chi connectivity index (χ2v) is 4.63. The van der Waals surface area contributed by atoms with Crippen molar-refractivity contribution in [3.8, 4) is 5.75 Å². The Kier molecular flexibility index (Phi) is 5.57. The highest BCUT2D eigenvalue weighted by molar-refractivity contribution is 6.01. The number of amides is 2. The Bertz CT molecular complexity index is 656. The maximum atomic E-state index is 12.2. The van der Waals surface area contributed by atoms with E-state index in [4.69, 9.17) is 4.74 Å². The normalized spacial score (nSPS) is 9.83. The molecule has 0 aliphatic rings. The number of ether oxygens (including phenoxy) is 2. The summed E-state index contributed by atoms with van der Waals surface area (Å²) in [5, 5.41) is 2.76. The molecule has 6 nitrogen and oxygen atoms in total. The monoisotopic (exact) mass is 314 g/mol. The van der Waals surface area contributed by atoms with Crippen LogP contribution in [0.15, 0.2) is 54.6 Å². The molecule has 2 amide bonds. The molecule has 0 aliphatic heterocycles. The molecule has 2 aromatic rings. The molecule has 1 N–H and O–H groups in total. The van der Waals surface area contributed by atoms with Crippen LogP contribution in [-0.2, 0) is 4.74 Å². The molecular weight excluding hydrogens is 296 g/mol. The summed E-state index contributed by atoms with van der Waals surface area (Å²) < 4.78 is 9.63. The summed E-state index contributed by atoms with van der Waals surface area (Å²) in [5.74, 6) is 0.345. The Labute approximate surface area is 134 Å². The van der Waals surface area contributed by atoms with E-state index >= 15 is 0 Å². The fourth-order valence-electron chi connectivity index (χ4n) is 1.83. The van der Waals surface area contributed by atoms with Gasteiger partial charge in [0, 0.05) is 18.4 Å². The summed E-state index contributed by atoms with van der Waals surface area (Å²) in [4.78, 5) is 24.9. The number of rotatable bonds is 4. The molecule has 0 spiro atoms. The van der Waals surface area contributed by atoms with Crippen LogP contribution in [0.25, 0.3) is 0 Å². The van der Waals surface area contributed by atoms with Gasteiger partial charge in [0.05, 0.1) is 6.61 Å². The van der Waals surface area contributed by atoms with Gasteiger partial charge in [-0.05, 0) is 43.3 Å². The number of benzene rings is 2. The minimum atomic E-state index is -0.756. The average Bonchev–Trinajstić information content (AvgIpc) is 2.57. The molecule has 0 heterocycles. The third-order valence-electron chi connectivity index (χ3n) is 3.02.